The quantitative estimate of drug-likeness (QED) is 0.679. The average Bonchev–Trinajstić information content (AvgIpc) is 2.59. The van der Waals surface area contributed by atoms with Crippen LogP contribution < -0.4 is 5.32 Å². The molecule has 1 atom stereocenters. The summed E-state index contributed by atoms with van der Waals surface area (Å²) >= 11 is 0. The second kappa shape index (κ2) is 7.06. The summed E-state index contributed by atoms with van der Waals surface area (Å²) in [6.45, 7) is 3.08. The monoisotopic (exact) mass is 287 g/mol. The Bertz CT molecular complexity index is 754. The van der Waals surface area contributed by atoms with Gasteiger partial charge in [-0.2, -0.15) is 0 Å². The van der Waals surface area contributed by atoms with Gasteiger partial charge in [0.05, 0.1) is 0 Å². The lowest BCUT2D eigenvalue weighted by atomic mass is 10.00. The van der Waals surface area contributed by atoms with E-state index in [4.69, 9.17) is 0 Å². The molecular weight excluding hydrogens is 266 g/mol. The Morgan fingerprint density at radius 2 is 1.59 bits per heavy atom. The predicted octanol–water partition coefficient (Wildman–Crippen LogP) is 5.20. The topological polar surface area (TPSA) is 12.0 Å². The zero-order valence-corrected chi connectivity index (χ0v) is 12.9. The SMILES string of the molecule is C[C@@H](NCC=Cc1ccccc1)c1cccc2ccccc12. The van der Waals surface area contributed by atoms with Crippen molar-refractivity contribution in [2.24, 2.45) is 0 Å². The molecule has 0 radical (unpaired) electrons. The van der Waals surface area contributed by atoms with Crippen LogP contribution in [0.4, 0.5) is 0 Å². The Labute approximate surface area is 132 Å². The van der Waals surface area contributed by atoms with Crippen molar-refractivity contribution >= 4 is 16.8 Å². The van der Waals surface area contributed by atoms with Gasteiger partial charge in [-0.3, -0.25) is 0 Å². The smallest absolute Gasteiger partial charge is 0.0300 e. The molecule has 1 nitrogen and oxygen atoms in total. The van der Waals surface area contributed by atoms with Gasteiger partial charge in [-0.15, -0.1) is 0 Å². The summed E-state index contributed by atoms with van der Waals surface area (Å²) in [6, 6.07) is 25.8. The summed E-state index contributed by atoms with van der Waals surface area (Å²) in [7, 11) is 0. The number of fused-ring (bicyclic) bond motifs is 1. The van der Waals surface area contributed by atoms with Gasteiger partial charge in [0.15, 0.2) is 0 Å². The zero-order chi connectivity index (χ0) is 15.2. The normalized spacial score (nSPS) is 12.8. The molecule has 22 heavy (non-hydrogen) atoms. The largest absolute Gasteiger partial charge is 0.307 e. The first-order valence-corrected chi connectivity index (χ1v) is 7.77. The van der Waals surface area contributed by atoms with Gasteiger partial charge >= 0.3 is 0 Å². The number of hydrogen-bond donors (Lipinski definition) is 1. The van der Waals surface area contributed by atoms with E-state index in [2.05, 4.69) is 91.1 Å². The van der Waals surface area contributed by atoms with E-state index < -0.39 is 0 Å². The molecule has 1 N–H and O–H groups in total. The molecular formula is C21H21N. The Hall–Kier alpha value is -2.38. The van der Waals surface area contributed by atoms with Gasteiger partial charge in [-0.25, -0.2) is 0 Å². The fourth-order valence-corrected chi connectivity index (χ4v) is 2.74. The zero-order valence-electron chi connectivity index (χ0n) is 12.9. The fraction of sp³-hybridized carbons (Fsp3) is 0.143. The second-order valence-electron chi connectivity index (χ2n) is 5.51. The van der Waals surface area contributed by atoms with Crippen LogP contribution in [0.2, 0.25) is 0 Å². The van der Waals surface area contributed by atoms with Gasteiger partial charge in [0.1, 0.15) is 0 Å². The Morgan fingerprint density at radius 3 is 2.45 bits per heavy atom. The van der Waals surface area contributed by atoms with Crippen LogP contribution in [0.15, 0.2) is 78.9 Å². The third kappa shape index (κ3) is 3.44. The van der Waals surface area contributed by atoms with Gasteiger partial charge < -0.3 is 5.32 Å². The van der Waals surface area contributed by atoms with Crippen LogP contribution in [-0.4, -0.2) is 6.54 Å². The molecule has 1 heteroatoms. The lowest BCUT2D eigenvalue weighted by Gasteiger charge is -2.15. The predicted molar refractivity (Wildman–Crippen MR) is 95.8 cm³/mol. The van der Waals surface area contributed by atoms with E-state index in [1.54, 1.807) is 0 Å². The van der Waals surface area contributed by atoms with Crippen molar-refractivity contribution in [3.63, 3.8) is 0 Å². The van der Waals surface area contributed by atoms with E-state index in [1.807, 2.05) is 6.07 Å². The molecule has 0 unspecified atom stereocenters. The van der Waals surface area contributed by atoms with Crippen molar-refractivity contribution in [2.45, 2.75) is 13.0 Å². The second-order valence-corrected chi connectivity index (χ2v) is 5.51. The summed E-state index contributed by atoms with van der Waals surface area (Å²) in [5.41, 5.74) is 2.59. The van der Waals surface area contributed by atoms with Crippen molar-refractivity contribution in [3.8, 4) is 0 Å². The molecule has 3 aromatic rings. The molecule has 0 saturated carbocycles. The number of rotatable bonds is 5. The first-order valence-electron chi connectivity index (χ1n) is 7.77. The van der Waals surface area contributed by atoms with Crippen LogP contribution >= 0.6 is 0 Å². The molecule has 0 bridgehead atoms. The van der Waals surface area contributed by atoms with E-state index in [0.717, 1.165) is 6.54 Å². The summed E-state index contributed by atoms with van der Waals surface area (Å²) in [5.74, 6) is 0. The van der Waals surface area contributed by atoms with Crippen molar-refractivity contribution < 1.29 is 0 Å². The molecule has 0 aliphatic rings. The van der Waals surface area contributed by atoms with Crippen LogP contribution in [0, 0.1) is 0 Å². The molecule has 0 spiro atoms. The maximum atomic E-state index is 3.57. The van der Waals surface area contributed by atoms with Gasteiger partial charge in [0, 0.05) is 12.6 Å². The maximum absolute atomic E-state index is 3.57. The molecule has 3 aromatic carbocycles. The molecule has 0 amide bonds. The molecule has 0 aromatic heterocycles. The first-order chi connectivity index (χ1) is 10.8. The average molecular weight is 287 g/mol. The molecule has 0 heterocycles. The van der Waals surface area contributed by atoms with Gasteiger partial charge in [-0.1, -0.05) is 84.9 Å². The molecule has 0 fully saturated rings. The summed E-state index contributed by atoms with van der Waals surface area (Å²) < 4.78 is 0. The van der Waals surface area contributed by atoms with E-state index in [-0.39, 0.29) is 0 Å². The van der Waals surface area contributed by atoms with Gasteiger partial charge in [0.2, 0.25) is 0 Å². The number of hydrogen-bond acceptors (Lipinski definition) is 1. The number of benzene rings is 3. The maximum Gasteiger partial charge on any atom is 0.0300 e. The standard InChI is InChI=1S/C21H21N/c1-17(22-16-8-11-18-9-3-2-4-10-18)20-15-7-13-19-12-5-6-14-21(19)20/h2-15,17,22H,16H2,1H3/t17-/m1/s1. The first kappa shape index (κ1) is 14.6. The van der Waals surface area contributed by atoms with E-state index in [1.165, 1.54) is 21.9 Å². The van der Waals surface area contributed by atoms with Crippen molar-refractivity contribution in [3.05, 3.63) is 90.0 Å². The third-order valence-corrected chi connectivity index (χ3v) is 3.94. The van der Waals surface area contributed by atoms with Gasteiger partial charge in [0.25, 0.3) is 0 Å². The summed E-state index contributed by atoms with van der Waals surface area (Å²) in [4.78, 5) is 0. The highest BCUT2D eigenvalue weighted by atomic mass is 14.9. The molecule has 3 rings (SSSR count). The third-order valence-electron chi connectivity index (χ3n) is 3.94. The minimum absolute atomic E-state index is 0.325. The number of nitrogens with one attached hydrogen (secondary N) is 1. The van der Waals surface area contributed by atoms with Crippen molar-refractivity contribution in [1.29, 1.82) is 0 Å². The molecule has 0 aliphatic heterocycles. The Kier molecular flexibility index (Phi) is 4.67. The van der Waals surface area contributed by atoms with E-state index >= 15 is 0 Å². The highest BCUT2D eigenvalue weighted by Crippen LogP contribution is 2.23. The van der Waals surface area contributed by atoms with E-state index in [9.17, 15) is 0 Å². The summed E-state index contributed by atoms with van der Waals surface area (Å²) in [5, 5.41) is 6.20. The van der Waals surface area contributed by atoms with Crippen LogP contribution in [0.1, 0.15) is 24.1 Å². The Balaban J connectivity index is 1.66. The van der Waals surface area contributed by atoms with Crippen LogP contribution in [0.25, 0.3) is 16.8 Å². The fourth-order valence-electron chi connectivity index (χ4n) is 2.74. The van der Waals surface area contributed by atoms with Crippen molar-refractivity contribution in [2.75, 3.05) is 6.54 Å². The van der Waals surface area contributed by atoms with Crippen LogP contribution in [0.3, 0.4) is 0 Å². The summed E-state index contributed by atoms with van der Waals surface area (Å²) in [6.07, 6.45) is 4.33. The Morgan fingerprint density at radius 1 is 0.864 bits per heavy atom. The lowest BCUT2D eigenvalue weighted by Crippen LogP contribution is -2.18. The molecule has 110 valence electrons. The minimum Gasteiger partial charge on any atom is -0.307 e. The van der Waals surface area contributed by atoms with Crippen LogP contribution in [-0.2, 0) is 0 Å². The van der Waals surface area contributed by atoms with E-state index in [0.29, 0.717) is 6.04 Å². The van der Waals surface area contributed by atoms with Gasteiger partial charge in [-0.05, 0) is 28.8 Å². The molecule has 0 aliphatic carbocycles. The van der Waals surface area contributed by atoms with Crippen molar-refractivity contribution in [1.82, 2.24) is 5.32 Å². The molecule has 0 saturated heterocycles. The highest BCUT2D eigenvalue weighted by Gasteiger charge is 2.07. The van der Waals surface area contributed by atoms with Crippen LogP contribution in [0.5, 0.6) is 0 Å². The minimum atomic E-state index is 0.325. The highest BCUT2D eigenvalue weighted by molar-refractivity contribution is 5.86. The lowest BCUT2D eigenvalue weighted by molar-refractivity contribution is 0.622.